The second-order valence-corrected chi connectivity index (χ2v) is 11.6. The lowest BCUT2D eigenvalue weighted by Crippen LogP contribution is -2.45. The van der Waals surface area contributed by atoms with E-state index in [1.54, 1.807) is 36.7 Å². The number of benzene rings is 3. The van der Waals surface area contributed by atoms with Gasteiger partial charge in [-0.25, -0.2) is 0 Å². The molecule has 8 nitrogen and oxygen atoms in total. The van der Waals surface area contributed by atoms with Crippen LogP contribution in [-0.2, 0) is 23.2 Å². The van der Waals surface area contributed by atoms with Crippen molar-refractivity contribution < 1.29 is 14.7 Å². The van der Waals surface area contributed by atoms with Crippen molar-refractivity contribution in [3.8, 4) is 28.3 Å². The Bertz CT molecular complexity index is 1720. The number of carbonyl (C=O) groups excluding carboxylic acids is 2. The third-order valence-electron chi connectivity index (χ3n) is 7.34. The largest absolute Gasteiger partial charge is 0.508 e. The summed E-state index contributed by atoms with van der Waals surface area (Å²) < 4.78 is 1.93. The van der Waals surface area contributed by atoms with E-state index in [4.69, 9.17) is 10.8 Å². The van der Waals surface area contributed by atoms with Crippen LogP contribution in [0, 0.1) is 0 Å². The Hall–Kier alpha value is -5.24. The molecule has 0 spiro atoms. The molecule has 0 aliphatic carbocycles. The number of aromatic hydroxyl groups is 1. The minimum absolute atomic E-state index is 0.0570. The highest BCUT2D eigenvalue weighted by atomic mass is 16.3. The fraction of sp³-hybridized carbons (Fsp3) is 0.200. The maximum absolute atomic E-state index is 13.3. The van der Waals surface area contributed by atoms with Crippen LogP contribution in [0.3, 0.4) is 0 Å². The highest BCUT2D eigenvalue weighted by molar-refractivity contribution is 5.98. The molecule has 8 heteroatoms. The predicted octanol–water partition coefficient (Wildman–Crippen LogP) is 5.49. The lowest BCUT2D eigenvalue weighted by atomic mass is 9.87. The number of nitrogens with two attached hydrogens (primary N) is 1. The first-order valence-corrected chi connectivity index (χ1v) is 14.1. The van der Waals surface area contributed by atoms with Crippen molar-refractivity contribution >= 4 is 11.8 Å². The molecule has 5 aromatic rings. The zero-order chi connectivity index (χ0) is 30.6. The molecule has 0 bridgehead atoms. The lowest BCUT2D eigenvalue weighted by Gasteiger charge is -2.19. The van der Waals surface area contributed by atoms with Crippen LogP contribution in [0.25, 0.3) is 22.5 Å². The van der Waals surface area contributed by atoms with E-state index in [9.17, 15) is 14.7 Å². The maximum Gasteiger partial charge on any atom is 0.251 e. The fourth-order valence-electron chi connectivity index (χ4n) is 4.86. The van der Waals surface area contributed by atoms with E-state index >= 15 is 0 Å². The van der Waals surface area contributed by atoms with Gasteiger partial charge in [-0.15, -0.1) is 0 Å². The topological polar surface area (TPSA) is 123 Å². The van der Waals surface area contributed by atoms with Crippen LogP contribution in [-0.4, -0.2) is 37.7 Å². The first-order valence-electron chi connectivity index (χ1n) is 14.1. The molecule has 3 aromatic carbocycles. The van der Waals surface area contributed by atoms with Gasteiger partial charge in [0.05, 0.1) is 17.9 Å². The van der Waals surface area contributed by atoms with Crippen molar-refractivity contribution in [2.75, 3.05) is 0 Å². The van der Waals surface area contributed by atoms with Gasteiger partial charge < -0.3 is 16.2 Å². The summed E-state index contributed by atoms with van der Waals surface area (Å²) in [7, 11) is 0. The molecule has 5 rings (SSSR count). The number of hydrogen-bond donors (Lipinski definition) is 3. The first-order chi connectivity index (χ1) is 20.6. The SMILES string of the molecule is CC(C)(C)c1ccc(Cn2nc(-c3cccnc3)cc2-c2cccc(C(=O)NC(Cc3ccc(O)cc3)C(N)=O)c2)cc1. The summed E-state index contributed by atoms with van der Waals surface area (Å²) in [5.41, 5.74) is 12.5. The molecule has 218 valence electrons. The Labute approximate surface area is 251 Å². The molecule has 1 atom stereocenters. The zero-order valence-corrected chi connectivity index (χ0v) is 24.5. The molecule has 0 aliphatic rings. The molecule has 2 heterocycles. The maximum atomic E-state index is 13.3. The van der Waals surface area contributed by atoms with E-state index in [0.29, 0.717) is 12.1 Å². The monoisotopic (exact) mass is 573 g/mol. The molecular formula is C35H35N5O3. The fourth-order valence-corrected chi connectivity index (χ4v) is 4.86. The van der Waals surface area contributed by atoms with E-state index in [0.717, 1.165) is 33.6 Å². The molecule has 2 aromatic heterocycles. The zero-order valence-electron chi connectivity index (χ0n) is 24.5. The van der Waals surface area contributed by atoms with E-state index < -0.39 is 17.9 Å². The van der Waals surface area contributed by atoms with Gasteiger partial charge in [0.25, 0.3) is 5.91 Å². The van der Waals surface area contributed by atoms with Crippen LogP contribution in [0.1, 0.15) is 47.8 Å². The van der Waals surface area contributed by atoms with Gasteiger partial charge in [-0.2, -0.15) is 5.10 Å². The van der Waals surface area contributed by atoms with Crippen LogP contribution in [0.4, 0.5) is 0 Å². The second-order valence-electron chi connectivity index (χ2n) is 11.6. The van der Waals surface area contributed by atoms with Gasteiger partial charge in [0.15, 0.2) is 0 Å². The summed E-state index contributed by atoms with van der Waals surface area (Å²) in [5.74, 6) is -0.942. The van der Waals surface area contributed by atoms with E-state index in [-0.39, 0.29) is 17.6 Å². The quantitative estimate of drug-likeness (QED) is 0.215. The van der Waals surface area contributed by atoms with Crippen molar-refractivity contribution in [3.63, 3.8) is 0 Å². The summed E-state index contributed by atoms with van der Waals surface area (Å²) in [6, 6.07) is 27.1. The van der Waals surface area contributed by atoms with Gasteiger partial charge in [0, 0.05) is 35.5 Å². The lowest BCUT2D eigenvalue weighted by molar-refractivity contribution is -0.119. The Balaban J connectivity index is 1.44. The Morgan fingerprint density at radius 2 is 1.60 bits per heavy atom. The van der Waals surface area contributed by atoms with Crippen molar-refractivity contribution in [1.82, 2.24) is 20.1 Å². The number of hydrogen-bond acceptors (Lipinski definition) is 5. The normalized spacial score (nSPS) is 12.1. The number of rotatable bonds is 9. The second kappa shape index (κ2) is 12.3. The smallest absolute Gasteiger partial charge is 0.251 e. The van der Waals surface area contributed by atoms with Crippen LogP contribution >= 0.6 is 0 Å². The standard InChI is InChI=1S/C35H35N5O3/c1-35(2,3)28-13-9-24(10-14-28)22-40-32(20-30(39-40)27-8-5-17-37-21-27)25-6-4-7-26(19-25)34(43)38-31(33(36)42)18-23-11-15-29(41)16-12-23/h4-17,19-21,31,41H,18,22H2,1-3H3,(H2,36,42)(H,38,43). The molecule has 0 saturated carbocycles. The van der Waals surface area contributed by atoms with E-state index in [2.05, 4.69) is 55.3 Å². The summed E-state index contributed by atoms with van der Waals surface area (Å²) in [5, 5.41) is 17.2. The molecular weight excluding hydrogens is 538 g/mol. The number of phenolic OH excluding ortho intramolecular Hbond substituents is 1. The first kappa shape index (κ1) is 29.3. The number of phenols is 1. The third kappa shape index (κ3) is 7.16. The summed E-state index contributed by atoms with van der Waals surface area (Å²) >= 11 is 0. The summed E-state index contributed by atoms with van der Waals surface area (Å²) in [6.45, 7) is 7.11. The van der Waals surface area contributed by atoms with Crippen LogP contribution in [0.5, 0.6) is 5.75 Å². The van der Waals surface area contributed by atoms with Crippen LogP contribution in [0.2, 0.25) is 0 Å². The van der Waals surface area contributed by atoms with Crippen molar-refractivity contribution in [2.24, 2.45) is 5.73 Å². The van der Waals surface area contributed by atoms with Crippen molar-refractivity contribution in [2.45, 2.75) is 45.2 Å². The average Bonchev–Trinajstić information content (AvgIpc) is 3.42. The van der Waals surface area contributed by atoms with Crippen LogP contribution < -0.4 is 11.1 Å². The average molecular weight is 574 g/mol. The number of pyridine rings is 1. The van der Waals surface area contributed by atoms with Crippen LogP contribution in [0.15, 0.2) is 103 Å². The van der Waals surface area contributed by atoms with Gasteiger partial charge in [-0.3, -0.25) is 19.3 Å². The third-order valence-corrected chi connectivity index (χ3v) is 7.34. The number of aromatic nitrogens is 3. The molecule has 0 aliphatic heterocycles. The molecule has 2 amide bonds. The van der Waals surface area contributed by atoms with Gasteiger partial charge in [-0.1, -0.05) is 69.3 Å². The molecule has 0 fully saturated rings. The molecule has 1 unspecified atom stereocenters. The van der Waals surface area contributed by atoms with Gasteiger partial charge in [-0.05, 0) is 64.6 Å². The Kier molecular flexibility index (Phi) is 8.39. The molecule has 0 radical (unpaired) electrons. The number of nitrogens with zero attached hydrogens (tertiary/aromatic N) is 3. The molecule has 0 saturated heterocycles. The number of primary amides is 1. The minimum atomic E-state index is -0.917. The number of amides is 2. The Morgan fingerprint density at radius 3 is 2.26 bits per heavy atom. The summed E-state index contributed by atoms with van der Waals surface area (Å²) in [4.78, 5) is 29.8. The molecule has 43 heavy (non-hydrogen) atoms. The van der Waals surface area contributed by atoms with Gasteiger partial charge in [0.1, 0.15) is 11.8 Å². The van der Waals surface area contributed by atoms with E-state index in [1.807, 2.05) is 35.0 Å². The minimum Gasteiger partial charge on any atom is -0.508 e. The Morgan fingerprint density at radius 1 is 0.907 bits per heavy atom. The van der Waals surface area contributed by atoms with Gasteiger partial charge >= 0.3 is 0 Å². The van der Waals surface area contributed by atoms with Crippen molar-refractivity contribution in [3.05, 3.63) is 126 Å². The van der Waals surface area contributed by atoms with E-state index in [1.165, 1.54) is 17.7 Å². The summed E-state index contributed by atoms with van der Waals surface area (Å²) in [6.07, 6.45) is 3.70. The highest BCUT2D eigenvalue weighted by Gasteiger charge is 2.21. The number of nitrogens with one attached hydrogen (secondary N) is 1. The van der Waals surface area contributed by atoms with Gasteiger partial charge in [0.2, 0.25) is 5.91 Å². The predicted molar refractivity (Wildman–Crippen MR) is 167 cm³/mol. The highest BCUT2D eigenvalue weighted by Crippen LogP contribution is 2.28. The molecule has 4 N–H and O–H groups in total. The number of carbonyl (C=O) groups is 2. The van der Waals surface area contributed by atoms with Crippen molar-refractivity contribution in [1.29, 1.82) is 0 Å².